The molecule has 0 amide bonds. The highest BCUT2D eigenvalue weighted by atomic mass is 35.5. The fraction of sp³-hybridized carbons (Fsp3) is 0. The minimum absolute atomic E-state index is 0.195. The Kier molecular flexibility index (Phi) is 3.06. The van der Waals surface area contributed by atoms with Crippen molar-refractivity contribution >= 4 is 23.0 Å². The van der Waals surface area contributed by atoms with E-state index in [0.29, 0.717) is 22.9 Å². The summed E-state index contributed by atoms with van der Waals surface area (Å²) in [5, 5.41) is 0.195. The molecule has 0 radical (unpaired) electrons. The molecule has 0 saturated heterocycles. The summed E-state index contributed by atoms with van der Waals surface area (Å²) in [6.07, 6.45) is 0. The van der Waals surface area contributed by atoms with Crippen molar-refractivity contribution in [2.45, 2.75) is 0 Å². The van der Waals surface area contributed by atoms with Gasteiger partial charge in [0.25, 0.3) is 0 Å². The van der Waals surface area contributed by atoms with Crippen LogP contribution < -0.4 is 16.2 Å². The number of hydrogen-bond donors (Lipinski definition) is 2. The Morgan fingerprint density at radius 3 is 2.41 bits per heavy atom. The minimum atomic E-state index is -0.417. The largest absolute Gasteiger partial charge is 0.456 e. The molecule has 2 aromatic carbocycles. The van der Waals surface area contributed by atoms with Gasteiger partial charge in [-0.15, -0.1) is 0 Å². The molecule has 0 fully saturated rings. The third-order valence-electron chi connectivity index (χ3n) is 2.18. The molecule has 0 unspecified atom stereocenters. The SMILES string of the molecule is Nc1ccc(Oc2ccc(F)cc2Cl)cc1N. The lowest BCUT2D eigenvalue weighted by Gasteiger charge is -2.09. The molecule has 0 aliphatic rings. The second kappa shape index (κ2) is 4.51. The Morgan fingerprint density at radius 1 is 1.00 bits per heavy atom. The molecule has 0 saturated carbocycles. The van der Waals surface area contributed by atoms with Gasteiger partial charge in [-0.2, -0.15) is 0 Å². The number of halogens is 2. The van der Waals surface area contributed by atoms with Crippen molar-refractivity contribution in [1.29, 1.82) is 0 Å². The van der Waals surface area contributed by atoms with Gasteiger partial charge < -0.3 is 16.2 Å². The lowest BCUT2D eigenvalue weighted by molar-refractivity contribution is 0.481. The first-order valence-electron chi connectivity index (χ1n) is 4.84. The second-order valence-corrected chi connectivity index (χ2v) is 3.87. The molecule has 0 spiro atoms. The summed E-state index contributed by atoms with van der Waals surface area (Å²) in [7, 11) is 0. The number of nitrogens with two attached hydrogens (primary N) is 2. The van der Waals surface area contributed by atoms with Crippen molar-refractivity contribution in [2.75, 3.05) is 11.5 Å². The van der Waals surface area contributed by atoms with Crippen molar-refractivity contribution in [3.05, 3.63) is 47.2 Å². The average Bonchev–Trinajstić information content (AvgIpc) is 2.27. The highest BCUT2D eigenvalue weighted by Crippen LogP contribution is 2.31. The Labute approximate surface area is 103 Å². The second-order valence-electron chi connectivity index (χ2n) is 3.47. The third kappa shape index (κ3) is 2.60. The van der Waals surface area contributed by atoms with Crippen molar-refractivity contribution in [3.8, 4) is 11.5 Å². The molecule has 17 heavy (non-hydrogen) atoms. The van der Waals surface area contributed by atoms with Crippen molar-refractivity contribution in [3.63, 3.8) is 0 Å². The van der Waals surface area contributed by atoms with Gasteiger partial charge in [-0.25, -0.2) is 4.39 Å². The first-order valence-corrected chi connectivity index (χ1v) is 5.22. The zero-order valence-electron chi connectivity index (χ0n) is 8.78. The fourth-order valence-corrected chi connectivity index (χ4v) is 1.51. The predicted molar refractivity (Wildman–Crippen MR) is 66.8 cm³/mol. The van der Waals surface area contributed by atoms with Crippen molar-refractivity contribution in [1.82, 2.24) is 0 Å². The van der Waals surface area contributed by atoms with Crippen LogP contribution in [0.4, 0.5) is 15.8 Å². The van der Waals surface area contributed by atoms with Gasteiger partial charge in [-0.3, -0.25) is 0 Å². The van der Waals surface area contributed by atoms with E-state index in [-0.39, 0.29) is 5.02 Å². The van der Waals surface area contributed by atoms with E-state index >= 15 is 0 Å². The first-order chi connectivity index (χ1) is 8.06. The summed E-state index contributed by atoms with van der Waals surface area (Å²) in [6, 6.07) is 8.76. The number of benzene rings is 2. The number of nitrogen functional groups attached to an aromatic ring is 2. The number of rotatable bonds is 2. The first kappa shape index (κ1) is 11.5. The summed E-state index contributed by atoms with van der Waals surface area (Å²) in [4.78, 5) is 0. The molecule has 0 heterocycles. The fourth-order valence-electron chi connectivity index (χ4n) is 1.30. The normalized spacial score (nSPS) is 10.2. The molecule has 0 atom stereocenters. The highest BCUT2D eigenvalue weighted by Gasteiger charge is 2.05. The highest BCUT2D eigenvalue weighted by molar-refractivity contribution is 6.32. The van der Waals surface area contributed by atoms with Crippen LogP contribution in [0.5, 0.6) is 11.5 Å². The maximum Gasteiger partial charge on any atom is 0.146 e. The Balaban J connectivity index is 2.28. The molecular weight excluding hydrogens is 243 g/mol. The molecule has 4 N–H and O–H groups in total. The number of ether oxygens (including phenoxy) is 1. The van der Waals surface area contributed by atoms with Gasteiger partial charge in [0.05, 0.1) is 16.4 Å². The predicted octanol–water partition coefficient (Wildman–Crippen LogP) is 3.44. The average molecular weight is 253 g/mol. The smallest absolute Gasteiger partial charge is 0.146 e. The molecule has 2 rings (SSSR count). The molecule has 0 aromatic heterocycles. The van der Waals surface area contributed by atoms with E-state index in [1.54, 1.807) is 18.2 Å². The molecule has 0 aliphatic carbocycles. The molecule has 3 nitrogen and oxygen atoms in total. The van der Waals surface area contributed by atoms with Gasteiger partial charge in [0.1, 0.15) is 17.3 Å². The summed E-state index contributed by atoms with van der Waals surface area (Å²) >= 11 is 5.83. The van der Waals surface area contributed by atoms with Crippen LogP contribution >= 0.6 is 11.6 Å². The van der Waals surface area contributed by atoms with Crippen LogP contribution in [0.1, 0.15) is 0 Å². The van der Waals surface area contributed by atoms with Crippen LogP contribution in [0.3, 0.4) is 0 Å². The molecule has 88 valence electrons. The van der Waals surface area contributed by atoms with E-state index in [9.17, 15) is 4.39 Å². The van der Waals surface area contributed by atoms with E-state index in [0.717, 1.165) is 0 Å². The maximum atomic E-state index is 12.8. The van der Waals surface area contributed by atoms with E-state index in [1.165, 1.54) is 18.2 Å². The Hall–Kier alpha value is -1.94. The maximum absolute atomic E-state index is 12.8. The van der Waals surface area contributed by atoms with E-state index in [1.807, 2.05) is 0 Å². The van der Waals surface area contributed by atoms with Gasteiger partial charge in [0.15, 0.2) is 0 Å². The van der Waals surface area contributed by atoms with E-state index in [2.05, 4.69) is 0 Å². The third-order valence-corrected chi connectivity index (χ3v) is 2.48. The minimum Gasteiger partial charge on any atom is -0.456 e. The van der Waals surface area contributed by atoms with Crippen molar-refractivity contribution < 1.29 is 9.13 Å². The quantitative estimate of drug-likeness (QED) is 0.805. The molecule has 0 aliphatic heterocycles. The Morgan fingerprint density at radius 2 is 1.76 bits per heavy atom. The van der Waals surface area contributed by atoms with Gasteiger partial charge >= 0.3 is 0 Å². The molecule has 5 heteroatoms. The topological polar surface area (TPSA) is 61.3 Å². The van der Waals surface area contributed by atoms with Crippen LogP contribution in [-0.2, 0) is 0 Å². The van der Waals surface area contributed by atoms with Gasteiger partial charge in [0.2, 0.25) is 0 Å². The van der Waals surface area contributed by atoms with Crippen LogP contribution in [-0.4, -0.2) is 0 Å². The zero-order valence-corrected chi connectivity index (χ0v) is 9.54. The van der Waals surface area contributed by atoms with Crippen LogP contribution in [0.25, 0.3) is 0 Å². The standard InChI is InChI=1S/C12H10ClFN2O/c13-9-5-7(14)1-4-12(9)17-8-2-3-10(15)11(16)6-8/h1-6H,15-16H2. The Bertz CT molecular complexity index is 560. The van der Waals surface area contributed by atoms with Gasteiger partial charge in [-0.1, -0.05) is 11.6 Å². The lowest BCUT2D eigenvalue weighted by Crippen LogP contribution is -1.95. The van der Waals surface area contributed by atoms with Crippen LogP contribution in [0.2, 0.25) is 5.02 Å². The summed E-state index contributed by atoms with van der Waals surface area (Å²) in [5.74, 6) is 0.432. The van der Waals surface area contributed by atoms with Crippen LogP contribution in [0, 0.1) is 5.82 Å². The summed E-state index contributed by atoms with van der Waals surface area (Å²) < 4.78 is 18.3. The zero-order chi connectivity index (χ0) is 12.4. The molecular formula is C12H10ClFN2O. The molecule has 0 bridgehead atoms. The van der Waals surface area contributed by atoms with Gasteiger partial charge in [-0.05, 0) is 30.3 Å². The lowest BCUT2D eigenvalue weighted by atomic mass is 10.2. The number of anilines is 2. The van der Waals surface area contributed by atoms with Gasteiger partial charge in [0, 0.05) is 6.07 Å². The monoisotopic (exact) mass is 252 g/mol. The van der Waals surface area contributed by atoms with Crippen molar-refractivity contribution in [2.24, 2.45) is 0 Å². The summed E-state index contributed by atoms with van der Waals surface area (Å²) in [5.41, 5.74) is 12.1. The molecule has 2 aromatic rings. The number of hydrogen-bond acceptors (Lipinski definition) is 3. The van der Waals surface area contributed by atoms with Crippen LogP contribution in [0.15, 0.2) is 36.4 Å². The van der Waals surface area contributed by atoms with E-state index < -0.39 is 5.82 Å². The van der Waals surface area contributed by atoms with E-state index in [4.69, 9.17) is 27.8 Å². The summed E-state index contributed by atoms with van der Waals surface area (Å²) in [6.45, 7) is 0.